The van der Waals surface area contributed by atoms with Gasteiger partial charge in [0.05, 0.1) is 11.3 Å². The molecule has 0 amide bonds. The molecule has 0 bridgehead atoms. The highest BCUT2D eigenvalue weighted by molar-refractivity contribution is 5.57. The molecule has 3 heteroatoms. The maximum Gasteiger partial charge on any atom is 0.101 e. The molecule has 1 aliphatic heterocycles. The second-order valence-electron chi connectivity index (χ2n) is 4.38. The predicted octanol–water partition coefficient (Wildman–Crippen LogP) is 2.06. The van der Waals surface area contributed by atoms with E-state index < -0.39 is 0 Å². The summed E-state index contributed by atoms with van der Waals surface area (Å²) < 4.78 is 0. The first-order valence-corrected chi connectivity index (χ1v) is 5.74. The molecule has 3 nitrogen and oxygen atoms in total. The van der Waals surface area contributed by atoms with Crippen LogP contribution in [0, 0.1) is 11.3 Å². The molecule has 1 fully saturated rings. The lowest BCUT2D eigenvalue weighted by Crippen LogP contribution is -2.36. The SMILES string of the molecule is CN1CCC(Nc2ccccc2C#N)CC1. The first-order valence-electron chi connectivity index (χ1n) is 5.74. The van der Waals surface area contributed by atoms with Crippen LogP contribution in [0.4, 0.5) is 5.69 Å². The van der Waals surface area contributed by atoms with E-state index in [2.05, 4.69) is 23.3 Å². The number of nitriles is 1. The minimum atomic E-state index is 0.505. The lowest BCUT2D eigenvalue weighted by Gasteiger charge is -2.30. The molecule has 0 saturated carbocycles. The number of benzene rings is 1. The number of nitrogens with one attached hydrogen (secondary N) is 1. The Hall–Kier alpha value is -1.53. The molecule has 1 heterocycles. The third kappa shape index (κ3) is 2.53. The largest absolute Gasteiger partial charge is 0.381 e. The van der Waals surface area contributed by atoms with E-state index in [1.165, 1.54) is 0 Å². The van der Waals surface area contributed by atoms with Crippen molar-refractivity contribution in [2.24, 2.45) is 0 Å². The minimum absolute atomic E-state index is 0.505. The molecule has 1 saturated heterocycles. The molecule has 0 radical (unpaired) electrons. The van der Waals surface area contributed by atoms with Crippen molar-refractivity contribution in [1.29, 1.82) is 5.26 Å². The van der Waals surface area contributed by atoms with E-state index in [1.54, 1.807) is 0 Å². The molecule has 1 aliphatic rings. The van der Waals surface area contributed by atoms with Gasteiger partial charge in [-0.2, -0.15) is 5.26 Å². The van der Waals surface area contributed by atoms with Gasteiger partial charge in [0.15, 0.2) is 0 Å². The van der Waals surface area contributed by atoms with Crippen molar-refractivity contribution in [2.75, 3.05) is 25.5 Å². The quantitative estimate of drug-likeness (QED) is 0.820. The molecule has 0 unspecified atom stereocenters. The van der Waals surface area contributed by atoms with E-state index in [1.807, 2.05) is 24.3 Å². The number of rotatable bonds is 2. The van der Waals surface area contributed by atoms with Gasteiger partial charge in [0, 0.05) is 6.04 Å². The number of para-hydroxylation sites is 1. The van der Waals surface area contributed by atoms with E-state index in [-0.39, 0.29) is 0 Å². The Labute approximate surface area is 96.7 Å². The second-order valence-corrected chi connectivity index (χ2v) is 4.38. The number of hydrogen-bond donors (Lipinski definition) is 1. The van der Waals surface area contributed by atoms with E-state index in [0.717, 1.165) is 37.2 Å². The van der Waals surface area contributed by atoms with Crippen LogP contribution in [0.1, 0.15) is 18.4 Å². The Balaban J connectivity index is 2.01. The molecule has 1 N–H and O–H groups in total. The highest BCUT2D eigenvalue weighted by Gasteiger charge is 2.16. The Morgan fingerprint density at radius 3 is 2.69 bits per heavy atom. The summed E-state index contributed by atoms with van der Waals surface area (Å²) in [4.78, 5) is 2.34. The smallest absolute Gasteiger partial charge is 0.101 e. The third-order valence-corrected chi connectivity index (χ3v) is 3.13. The maximum absolute atomic E-state index is 8.99. The zero-order valence-electron chi connectivity index (χ0n) is 9.61. The Bertz CT molecular complexity index is 386. The van der Waals surface area contributed by atoms with Crippen molar-refractivity contribution in [1.82, 2.24) is 4.90 Å². The number of hydrogen-bond acceptors (Lipinski definition) is 3. The number of piperidine rings is 1. The summed E-state index contributed by atoms with van der Waals surface area (Å²) in [5.74, 6) is 0. The van der Waals surface area contributed by atoms with E-state index >= 15 is 0 Å². The summed E-state index contributed by atoms with van der Waals surface area (Å²) in [7, 11) is 2.15. The zero-order chi connectivity index (χ0) is 11.4. The fourth-order valence-electron chi connectivity index (χ4n) is 2.08. The Kier molecular flexibility index (Phi) is 3.43. The van der Waals surface area contributed by atoms with Crippen molar-refractivity contribution in [3.8, 4) is 6.07 Å². The standard InChI is InChI=1S/C13H17N3/c1-16-8-6-12(7-9-16)15-13-5-3-2-4-11(13)10-14/h2-5,12,15H,6-9H2,1H3. The molecule has 0 aromatic heterocycles. The van der Waals surface area contributed by atoms with E-state index in [9.17, 15) is 0 Å². The van der Waals surface area contributed by atoms with Crippen LogP contribution in [0.25, 0.3) is 0 Å². The molecule has 16 heavy (non-hydrogen) atoms. The predicted molar refractivity (Wildman–Crippen MR) is 65.3 cm³/mol. The van der Waals surface area contributed by atoms with Gasteiger partial charge >= 0.3 is 0 Å². The fraction of sp³-hybridized carbons (Fsp3) is 0.462. The first kappa shape index (κ1) is 11.0. The lowest BCUT2D eigenvalue weighted by molar-refractivity contribution is 0.264. The third-order valence-electron chi connectivity index (χ3n) is 3.13. The number of likely N-dealkylation sites (tertiary alicyclic amines) is 1. The molecule has 84 valence electrons. The van der Waals surface area contributed by atoms with Crippen molar-refractivity contribution < 1.29 is 0 Å². The maximum atomic E-state index is 8.99. The van der Waals surface area contributed by atoms with Gasteiger partial charge in [0.1, 0.15) is 6.07 Å². The summed E-state index contributed by atoms with van der Waals surface area (Å²) in [6, 6.07) is 10.4. The second kappa shape index (κ2) is 5.00. The van der Waals surface area contributed by atoms with Crippen molar-refractivity contribution in [3.63, 3.8) is 0 Å². The van der Waals surface area contributed by atoms with Crippen LogP contribution in [0.2, 0.25) is 0 Å². The average Bonchev–Trinajstić information content (AvgIpc) is 2.33. The first-order chi connectivity index (χ1) is 7.79. The molecule has 0 aliphatic carbocycles. The normalized spacial score (nSPS) is 18.0. The molecule has 0 atom stereocenters. The van der Waals surface area contributed by atoms with Crippen LogP contribution in [-0.2, 0) is 0 Å². The number of anilines is 1. The topological polar surface area (TPSA) is 39.1 Å². The monoisotopic (exact) mass is 215 g/mol. The van der Waals surface area contributed by atoms with Gasteiger partial charge in [-0.3, -0.25) is 0 Å². The molecule has 0 spiro atoms. The molecule has 1 aromatic rings. The van der Waals surface area contributed by atoms with Gasteiger partial charge in [-0.1, -0.05) is 12.1 Å². The molecular formula is C13H17N3. The molecular weight excluding hydrogens is 198 g/mol. The Morgan fingerprint density at radius 1 is 1.31 bits per heavy atom. The summed E-state index contributed by atoms with van der Waals surface area (Å²) in [5, 5.41) is 12.5. The average molecular weight is 215 g/mol. The van der Waals surface area contributed by atoms with E-state index in [0.29, 0.717) is 6.04 Å². The van der Waals surface area contributed by atoms with Crippen LogP contribution >= 0.6 is 0 Å². The van der Waals surface area contributed by atoms with Crippen LogP contribution in [0.15, 0.2) is 24.3 Å². The van der Waals surface area contributed by atoms with Gasteiger partial charge in [-0.15, -0.1) is 0 Å². The summed E-state index contributed by atoms with van der Waals surface area (Å²) in [6.07, 6.45) is 2.30. The van der Waals surface area contributed by atoms with Crippen LogP contribution in [0.3, 0.4) is 0 Å². The van der Waals surface area contributed by atoms with Gasteiger partial charge in [0.25, 0.3) is 0 Å². The Morgan fingerprint density at radius 2 is 2.00 bits per heavy atom. The highest BCUT2D eigenvalue weighted by Crippen LogP contribution is 2.19. The van der Waals surface area contributed by atoms with Gasteiger partial charge < -0.3 is 10.2 Å². The number of nitrogens with zero attached hydrogens (tertiary/aromatic N) is 2. The van der Waals surface area contributed by atoms with Crippen molar-refractivity contribution >= 4 is 5.69 Å². The van der Waals surface area contributed by atoms with Crippen molar-refractivity contribution in [3.05, 3.63) is 29.8 Å². The molecule has 2 rings (SSSR count). The fourth-order valence-corrected chi connectivity index (χ4v) is 2.08. The van der Waals surface area contributed by atoms with Gasteiger partial charge in [-0.05, 0) is 45.1 Å². The van der Waals surface area contributed by atoms with Crippen LogP contribution in [-0.4, -0.2) is 31.1 Å². The lowest BCUT2D eigenvalue weighted by atomic mass is 10.0. The van der Waals surface area contributed by atoms with Crippen LogP contribution < -0.4 is 5.32 Å². The minimum Gasteiger partial charge on any atom is -0.381 e. The summed E-state index contributed by atoms with van der Waals surface area (Å²) >= 11 is 0. The highest BCUT2D eigenvalue weighted by atomic mass is 15.1. The van der Waals surface area contributed by atoms with Gasteiger partial charge in [-0.25, -0.2) is 0 Å². The summed E-state index contributed by atoms with van der Waals surface area (Å²) in [5.41, 5.74) is 1.71. The zero-order valence-corrected chi connectivity index (χ0v) is 9.61. The van der Waals surface area contributed by atoms with Crippen LogP contribution in [0.5, 0.6) is 0 Å². The van der Waals surface area contributed by atoms with Crippen molar-refractivity contribution in [2.45, 2.75) is 18.9 Å². The summed E-state index contributed by atoms with van der Waals surface area (Å²) in [6.45, 7) is 2.26. The van der Waals surface area contributed by atoms with E-state index in [4.69, 9.17) is 5.26 Å². The van der Waals surface area contributed by atoms with Gasteiger partial charge in [0.2, 0.25) is 0 Å². The molecule has 1 aromatic carbocycles.